The molecule has 0 spiro atoms. The van der Waals surface area contributed by atoms with Gasteiger partial charge in [0, 0.05) is 18.2 Å². The first-order chi connectivity index (χ1) is 8.31. The van der Waals surface area contributed by atoms with Crippen LogP contribution in [0, 0.1) is 0 Å². The third kappa shape index (κ3) is 4.75. The van der Waals surface area contributed by atoms with Crippen molar-refractivity contribution in [3.05, 3.63) is 35.4 Å². The van der Waals surface area contributed by atoms with E-state index in [0.29, 0.717) is 12.1 Å². The van der Waals surface area contributed by atoms with Crippen LogP contribution in [0.15, 0.2) is 24.3 Å². The fraction of sp³-hybridized carbons (Fsp3) is 0.417. The number of nitrogens with one attached hydrogen (secondary N) is 1. The van der Waals surface area contributed by atoms with Crippen LogP contribution in [0.2, 0.25) is 0 Å². The summed E-state index contributed by atoms with van der Waals surface area (Å²) < 4.78 is 36.3. The minimum atomic E-state index is -4.28. The van der Waals surface area contributed by atoms with E-state index in [0.717, 1.165) is 5.56 Å². The quantitative estimate of drug-likeness (QED) is 0.872. The van der Waals surface area contributed by atoms with Crippen LogP contribution in [0.25, 0.3) is 0 Å². The maximum absolute atomic E-state index is 12.1. The van der Waals surface area contributed by atoms with Gasteiger partial charge in [-0.05, 0) is 24.6 Å². The number of carbonyl (C=O) groups excluding carboxylic acids is 1. The normalized spacial score (nSPS) is 13.2. The summed E-state index contributed by atoms with van der Waals surface area (Å²) in [7, 11) is 0. The summed E-state index contributed by atoms with van der Waals surface area (Å²) in [5, 5.41) is 2.30. The van der Waals surface area contributed by atoms with Crippen molar-refractivity contribution in [1.82, 2.24) is 5.32 Å². The van der Waals surface area contributed by atoms with Gasteiger partial charge in [0.15, 0.2) is 0 Å². The van der Waals surface area contributed by atoms with Gasteiger partial charge >= 0.3 is 6.18 Å². The number of amides is 1. The van der Waals surface area contributed by atoms with E-state index in [-0.39, 0.29) is 0 Å². The lowest BCUT2D eigenvalue weighted by Gasteiger charge is -2.15. The number of rotatable bonds is 4. The van der Waals surface area contributed by atoms with E-state index in [1.54, 1.807) is 12.1 Å². The minimum Gasteiger partial charge on any atom is -0.349 e. The monoisotopic (exact) mass is 260 g/mol. The Morgan fingerprint density at radius 2 is 1.89 bits per heavy atom. The van der Waals surface area contributed by atoms with Gasteiger partial charge in [-0.2, -0.15) is 13.2 Å². The molecule has 6 heteroatoms. The second-order valence-corrected chi connectivity index (χ2v) is 4.09. The Kier molecular flexibility index (Phi) is 4.72. The fourth-order valence-corrected chi connectivity index (χ4v) is 1.50. The molecule has 1 unspecified atom stereocenters. The summed E-state index contributed by atoms with van der Waals surface area (Å²) in [6, 6.07) is 5.47. The van der Waals surface area contributed by atoms with Crippen molar-refractivity contribution in [1.29, 1.82) is 0 Å². The molecule has 0 heterocycles. The number of halogens is 3. The van der Waals surface area contributed by atoms with E-state index >= 15 is 0 Å². The van der Waals surface area contributed by atoms with Crippen molar-refractivity contribution in [3.63, 3.8) is 0 Å². The van der Waals surface area contributed by atoms with Crippen LogP contribution in [0.5, 0.6) is 0 Å². The first kappa shape index (κ1) is 14.5. The predicted molar refractivity (Wildman–Crippen MR) is 61.9 cm³/mol. The topological polar surface area (TPSA) is 55.1 Å². The standard InChI is InChI=1S/C12H15F3N2O/c1-8(6-12(13,14)15)17-11(18)10-4-2-9(7-16)3-5-10/h2-5,8H,6-7,16H2,1H3,(H,17,18). The highest BCUT2D eigenvalue weighted by Crippen LogP contribution is 2.21. The summed E-state index contributed by atoms with van der Waals surface area (Å²) in [4.78, 5) is 11.6. The molecule has 3 N–H and O–H groups in total. The van der Waals surface area contributed by atoms with Gasteiger partial charge in [0.1, 0.15) is 0 Å². The zero-order valence-electron chi connectivity index (χ0n) is 9.92. The maximum atomic E-state index is 12.1. The lowest BCUT2D eigenvalue weighted by Crippen LogP contribution is -2.35. The Morgan fingerprint density at radius 3 is 2.33 bits per heavy atom. The Hall–Kier alpha value is -1.56. The molecule has 0 saturated heterocycles. The van der Waals surface area contributed by atoms with Crippen LogP contribution in [0.3, 0.4) is 0 Å². The van der Waals surface area contributed by atoms with E-state index in [9.17, 15) is 18.0 Å². The average Bonchev–Trinajstić information content (AvgIpc) is 2.26. The number of hydrogen-bond acceptors (Lipinski definition) is 2. The third-order valence-electron chi connectivity index (χ3n) is 2.37. The molecule has 1 atom stereocenters. The molecule has 100 valence electrons. The van der Waals surface area contributed by atoms with Crippen molar-refractivity contribution < 1.29 is 18.0 Å². The highest BCUT2D eigenvalue weighted by atomic mass is 19.4. The van der Waals surface area contributed by atoms with E-state index in [1.807, 2.05) is 0 Å². The summed E-state index contributed by atoms with van der Waals surface area (Å²) in [5.74, 6) is -0.518. The molecule has 0 saturated carbocycles. The predicted octanol–water partition coefficient (Wildman–Crippen LogP) is 2.22. The summed E-state index contributed by atoms with van der Waals surface area (Å²) in [6.07, 6.45) is -5.32. The zero-order valence-corrected chi connectivity index (χ0v) is 9.92. The Balaban J connectivity index is 2.59. The van der Waals surface area contributed by atoms with Gasteiger partial charge in [0.05, 0.1) is 6.42 Å². The van der Waals surface area contributed by atoms with Crippen molar-refractivity contribution in [2.75, 3.05) is 0 Å². The first-order valence-corrected chi connectivity index (χ1v) is 5.48. The molecular weight excluding hydrogens is 245 g/mol. The average molecular weight is 260 g/mol. The molecule has 3 nitrogen and oxygen atoms in total. The van der Waals surface area contributed by atoms with E-state index in [4.69, 9.17) is 5.73 Å². The number of benzene rings is 1. The van der Waals surface area contributed by atoms with Gasteiger partial charge in [0.25, 0.3) is 5.91 Å². The third-order valence-corrected chi connectivity index (χ3v) is 2.37. The van der Waals surface area contributed by atoms with Gasteiger partial charge in [-0.1, -0.05) is 12.1 Å². The van der Waals surface area contributed by atoms with E-state index in [1.165, 1.54) is 19.1 Å². The lowest BCUT2D eigenvalue weighted by molar-refractivity contribution is -0.138. The molecule has 0 fully saturated rings. The molecule has 0 aromatic heterocycles. The molecule has 18 heavy (non-hydrogen) atoms. The highest BCUT2D eigenvalue weighted by molar-refractivity contribution is 5.94. The molecular formula is C12H15F3N2O. The van der Waals surface area contributed by atoms with Gasteiger partial charge in [-0.15, -0.1) is 0 Å². The van der Waals surface area contributed by atoms with Crippen LogP contribution in [-0.4, -0.2) is 18.1 Å². The van der Waals surface area contributed by atoms with Gasteiger partial charge in [0.2, 0.25) is 0 Å². The van der Waals surface area contributed by atoms with Crippen molar-refractivity contribution in [3.8, 4) is 0 Å². The Labute approximate surface area is 103 Å². The summed E-state index contributed by atoms with van der Waals surface area (Å²) >= 11 is 0. The molecule has 1 aromatic rings. The van der Waals surface area contributed by atoms with Crippen LogP contribution < -0.4 is 11.1 Å². The highest BCUT2D eigenvalue weighted by Gasteiger charge is 2.30. The molecule has 0 aliphatic heterocycles. The van der Waals surface area contributed by atoms with Crippen LogP contribution >= 0.6 is 0 Å². The van der Waals surface area contributed by atoms with Crippen molar-refractivity contribution in [2.24, 2.45) is 5.73 Å². The van der Waals surface area contributed by atoms with Gasteiger partial charge in [-0.25, -0.2) is 0 Å². The zero-order chi connectivity index (χ0) is 13.8. The van der Waals surface area contributed by atoms with Crippen molar-refractivity contribution in [2.45, 2.75) is 32.1 Å². The first-order valence-electron chi connectivity index (χ1n) is 5.48. The number of carbonyl (C=O) groups is 1. The minimum absolute atomic E-state index is 0.321. The Bertz CT molecular complexity index is 401. The number of nitrogens with two attached hydrogens (primary N) is 1. The van der Waals surface area contributed by atoms with Crippen LogP contribution in [0.1, 0.15) is 29.3 Å². The smallest absolute Gasteiger partial charge is 0.349 e. The second-order valence-electron chi connectivity index (χ2n) is 4.09. The maximum Gasteiger partial charge on any atom is 0.391 e. The molecule has 0 radical (unpaired) electrons. The van der Waals surface area contributed by atoms with E-state index < -0.39 is 24.5 Å². The summed E-state index contributed by atoms with van der Waals surface area (Å²) in [6.45, 7) is 1.67. The molecule has 0 bridgehead atoms. The fourth-order valence-electron chi connectivity index (χ4n) is 1.50. The molecule has 0 aliphatic carbocycles. The number of hydrogen-bond donors (Lipinski definition) is 2. The van der Waals surface area contributed by atoms with Crippen LogP contribution in [-0.2, 0) is 6.54 Å². The Morgan fingerprint density at radius 1 is 1.33 bits per heavy atom. The largest absolute Gasteiger partial charge is 0.391 e. The van der Waals surface area contributed by atoms with Crippen molar-refractivity contribution >= 4 is 5.91 Å². The molecule has 1 amide bonds. The van der Waals surface area contributed by atoms with Crippen LogP contribution in [0.4, 0.5) is 13.2 Å². The van der Waals surface area contributed by atoms with Gasteiger partial charge in [-0.3, -0.25) is 4.79 Å². The molecule has 0 aliphatic rings. The lowest BCUT2D eigenvalue weighted by atomic mass is 10.1. The second kappa shape index (κ2) is 5.86. The number of alkyl halides is 3. The van der Waals surface area contributed by atoms with E-state index in [2.05, 4.69) is 5.32 Å². The molecule has 1 rings (SSSR count). The molecule has 1 aromatic carbocycles. The van der Waals surface area contributed by atoms with Gasteiger partial charge < -0.3 is 11.1 Å². The summed E-state index contributed by atoms with van der Waals surface area (Å²) in [5.41, 5.74) is 6.58. The SMILES string of the molecule is CC(CC(F)(F)F)NC(=O)c1ccc(CN)cc1.